The van der Waals surface area contributed by atoms with E-state index < -0.39 is 5.82 Å². The molecule has 0 aliphatic rings. The summed E-state index contributed by atoms with van der Waals surface area (Å²) in [5, 5.41) is 0.617. The maximum absolute atomic E-state index is 13.6. The van der Waals surface area contributed by atoms with Crippen LogP contribution < -0.4 is 4.74 Å². The minimum atomic E-state index is -0.466. The molecular weight excluding hydrogens is 290 g/mol. The summed E-state index contributed by atoms with van der Waals surface area (Å²) < 4.78 is 19.0. The standard InChI is InChI=1S/C14H9Cl2FO2/c15-11-5-4-10(13(17)6-11)8-19-14-9(7-18)2-1-3-12(14)16/h1-7H,8H2. The van der Waals surface area contributed by atoms with E-state index in [2.05, 4.69) is 0 Å². The van der Waals surface area contributed by atoms with E-state index >= 15 is 0 Å². The van der Waals surface area contributed by atoms with E-state index in [4.69, 9.17) is 27.9 Å². The molecule has 0 saturated heterocycles. The molecule has 0 bridgehead atoms. The first kappa shape index (κ1) is 13.8. The molecule has 2 aromatic rings. The molecule has 0 aliphatic carbocycles. The number of rotatable bonds is 4. The van der Waals surface area contributed by atoms with Gasteiger partial charge in [-0.3, -0.25) is 4.79 Å². The zero-order valence-electron chi connectivity index (χ0n) is 9.70. The van der Waals surface area contributed by atoms with Crippen LogP contribution in [0.3, 0.4) is 0 Å². The van der Waals surface area contributed by atoms with E-state index in [1.54, 1.807) is 24.3 Å². The zero-order valence-corrected chi connectivity index (χ0v) is 11.2. The lowest BCUT2D eigenvalue weighted by molar-refractivity contribution is 0.111. The lowest BCUT2D eigenvalue weighted by Crippen LogP contribution is -2.01. The van der Waals surface area contributed by atoms with Crippen molar-refractivity contribution in [3.63, 3.8) is 0 Å². The van der Waals surface area contributed by atoms with Gasteiger partial charge in [0.15, 0.2) is 6.29 Å². The molecule has 0 atom stereocenters. The fourth-order valence-corrected chi connectivity index (χ4v) is 1.95. The lowest BCUT2D eigenvalue weighted by atomic mass is 10.2. The van der Waals surface area contributed by atoms with Gasteiger partial charge in [-0.05, 0) is 24.3 Å². The van der Waals surface area contributed by atoms with Gasteiger partial charge in [0.1, 0.15) is 18.2 Å². The van der Waals surface area contributed by atoms with Crippen LogP contribution in [0, 0.1) is 5.82 Å². The van der Waals surface area contributed by atoms with Gasteiger partial charge >= 0.3 is 0 Å². The third kappa shape index (κ3) is 3.25. The van der Waals surface area contributed by atoms with Crippen LogP contribution in [-0.4, -0.2) is 6.29 Å². The van der Waals surface area contributed by atoms with Crippen LogP contribution >= 0.6 is 23.2 Å². The monoisotopic (exact) mass is 298 g/mol. The summed E-state index contributed by atoms with van der Waals surface area (Å²) in [7, 11) is 0. The van der Waals surface area contributed by atoms with Crippen LogP contribution in [0.1, 0.15) is 15.9 Å². The summed E-state index contributed by atoms with van der Waals surface area (Å²) >= 11 is 11.6. The van der Waals surface area contributed by atoms with E-state index in [1.165, 1.54) is 12.1 Å². The average molecular weight is 299 g/mol. The first-order valence-electron chi connectivity index (χ1n) is 5.42. The highest BCUT2D eigenvalue weighted by molar-refractivity contribution is 6.32. The number of hydrogen-bond acceptors (Lipinski definition) is 2. The number of aldehydes is 1. The molecule has 0 fully saturated rings. The van der Waals surface area contributed by atoms with Crippen molar-refractivity contribution < 1.29 is 13.9 Å². The quantitative estimate of drug-likeness (QED) is 0.776. The van der Waals surface area contributed by atoms with E-state index in [0.29, 0.717) is 27.5 Å². The van der Waals surface area contributed by atoms with Crippen LogP contribution in [0.4, 0.5) is 4.39 Å². The van der Waals surface area contributed by atoms with Crippen molar-refractivity contribution in [2.24, 2.45) is 0 Å². The van der Waals surface area contributed by atoms with Crippen molar-refractivity contribution in [1.29, 1.82) is 0 Å². The van der Waals surface area contributed by atoms with E-state index in [1.807, 2.05) is 0 Å². The Kier molecular flexibility index (Phi) is 4.40. The van der Waals surface area contributed by atoms with Crippen molar-refractivity contribution in [3.05, 3.63) is 63.4 Å². The van der Waals surface area contributed by atoms with Crippen LogP contribution in [0.25, 0.3) is 0 Å². The third-order valence-corrected chi connectivity index (χ3v) is 3.04. The van der Waals surface area contributed by atoms with Crippen molar-refractivity contribution >= 4 is 29.5 Å². The molecule has 2 nitrogen and oxygen atoms in total. The summed E-state index contributed by atoms with van der Waals surface area (Å²) in [6.07, 6.45) is 0.638. The molecule has 0 radical (unpaired) electrons. The molecule has 0 unspecified atom stereocenters. The summed E-state index contributed by atoms with van der Waals surface area (Å²) in [5.74, 6) is -0.222. The Labute approximate surface area is 119 Å². The molecular formula is C14H9Cl2FO2. The van der Waals surface area contributed by atoms with Gasteiger partial charge in [0.05, 0.1) is 10.6 Å². The average Bonchev–Trinajstić information content (AvgIpc) is 2.39. The maximum atomic E-state index is 13.6. The molecule has 0 aromatic heterocycles. The van der Waals surface area contributed by atoms with Gasteiger partial charge in [-0.2, -0.15) is 0 Å². The van der Waals surface area contributed by atoms with Gasteiger partial charge in [0.2, 0.25) is 0 Å². The number of para-hydroxylation sites is 1. The smallest absolute Gasteiger partial charge is 0.153 e. The van der Waals surface area contributed by atoms with Gasteiger partial charge in [0.25, 0.3) is 0 Å². The van der Waals surface area contributed by atoms with E-state index in [0.717, 1.165) is 0 Å². The number of benzene rings is 2. The number of carbonyl (C=O) groups is 1. The molecule has 2 aromatic carbocycles. The molecule has 0 aliphatic heterocycles. The first-order chi connectivity index (χ1) is 9.11. The second kappa shape index (κ2) is 6.04. The highest BCUT2D eigenvalue weighted by Gasteiger charge is 2.10. The number of ether oxygens (including phenoxy) is 1. The lowest BCUT2D eigenvalue weighted by Gasteiger charge is -2.10. The molecule has 19 heavy (non-hydrogen) atoms. The Bertz CT molecular complexity index is 614. The minimum absolute atomic E-state index is 0.0342. The highest BCUT2D eigenvalue weighted by atomic mass is 35.5. The largest absolute Gasteiger partial charge is 0.486 e. The maximum Gasteiger partial charge on any atom is 0.153 e. The SMILES string of the molecule is O=Cc1cccc(Cl)c1OCc1ccc(Cl)cc1F. The van der Waals surface area contributed by atoms with Crippen molar-refractivity contribution in [1.82, 2.24) is 0 Å². The predicted octanol–water partition coefficient (Wildman–Crippen LogP) is 4.52. The first-order valence-corrected chi connectivity index (χ1v) is 6.18. The van der Waals surface area contributed by atoms with Gasteiger partial charge in [0, 0.05) is 10.6 Å². The third-order valence-electron chi connectivity index (χ3n) is 2.51. The van der Waals surface area contributed by atoms with E-state index in [9.17, 15) is 9.18 Å². The second-order valence-electron chi connectivity index (χ2n) is 3.80. The summed E-state index contributed by atoms with van der Waals surface area (Å²) in [5.41, 5.74) is 0.656. The predicted molar refractivity (Wildman–Crippen MR) is 72.6 cm³/mol. The van der Waals surface area contributed by atoms with Gasteiger partial charge in [-0.1, -0.05) is 35.3 Å². The van der Waals surface area contributed by atoms with Gasteiger partial charge in [-0.15, -0.1) is 0 Å². The molecule has 0 N–H and O–H groups in total. The normalized spacial score (nSPS) is 10.3. The Morgan fingerprint density at radius 1 is 1.21 bits per heavy atom. The van der Waals surface area contributed by atoms with Crippen LogP contribution in [0.2, 0.25) is 10.0 Å². The number of halogens is 3. The van der Waals surface area contributed by atoms with Crippen molar-refractivity contribution in [2.45, 2.75) is 6.61 Å². The summed E-state index contributed by atoms with van der Waals surface area (Å²) in [6.45, 7) is -0.0342. The number of hydrogen-bond donors (Lipinski definition) is 0. The molecule has 2 rings (SSSR count). The molecule has 98 valence electrons. The Hall–Kier alpha value is -1.58. The number of carbonyl (C=O) groups excluding carboxylic acids is 1. The Morgan fingerprint density at radius 3 is 2.68 bits per heavy atom. The molecule has 0 spiro atoms. The van der Waals surface area contributed by atoms with Crippen LogP contribution in [0.5, 0.6) is 5.75 Å². The van der Waals surface area contributed by atoms with Crippen molar-refractivity contribution in [3.8, 4) is 5.75 Å². The molecule has 5 heteroatoms. The second-order valence-corrected chi connectivity index (χ2v) is 4.64. The van der Waals surface area contributed by atoms with Crippen LogP contribution in [0.15, 0.2) is 36.4 Å². The minimum Gasteiger partial charge on any atom is -0.486 e. The zero-order chi connectivity index (χ0) is 13.8. The van der Waals surface area contributed by atoms with Gasteiger partial charge in [-0.25, -0.2) is 4.39 Å². The fourth-order valence-electron chi connectivity index (χ4n) is 1.56. The Balaban J connectivity index is 2.21. The topological polar surface area (TPSA) is 26.3 Å². The molecule has 0 saturated carbocycles. The summed E-state index contributed by atoms with van der Waals surface area (Å²) in [6, 6.07) is 9.11. The van der Waals surface area contributed by atoms with Crippen molar-refractivity contribution in [2.75, 3.05) is 0 Å². The van der Waals surface area contributed by atoms with Gasteiger partial charge < -0.3 is 4.74 Å². The van der Waals surface area contributed by atoms with E-state index in [-0.39, 0.29) is 12.4 Å². The molecule has 0 heterocycles. The Morgan fingerprint density at radius 2 is 2.00 bits per heavy atom. The highest BCUT2D eigenvalue weighted by Crippen LogP contribution is 2.28. The fraction of sp³-hybridized carbons (Fsp3) is 0.0714. The van der Waals surface area contributed by atoms with Crippen LogP contribution in [-0.2, 0) is 6.61 Å². The molecule has 0 amide bonds. The summed E-state index contributed by atoms with van der Waals surface area (Å²) in [4.78, 5) is 10.9.